The fourth-order valence-corrected chi connectivity index (χ4v) is 0. The van der Waals surface area contributed by atoms with E-state index in [1.807, 2.05) is 0 Å². The topological polar surface area (TPSA) is 143 Å². The van der Waals surface area contributed by atoms with Crippen LogP contribution in [-0.4, -0.2) is 0 Å². The van der Waals surface area contributed by atoms with Gasteiger partial charge < -0.3 is 75.8 Å². The van der Waals surface area contributed by atoms with Gasteiger partial charge >= 0.3 is 68.7 Å². The number of hydrogen-bond acceptors (Lipinski definition) is 12. The molecule has 1 radical (unpaired) electrons. The van der Waals surface area contributed by atoms with Crippen LogP contribution in [-0.2, 0) is 93.1 Å². The summed E-state index contributed by atoms with van der Waals surface area (Å²) in [7, 11) is 0. The number of nitrogens with zero attached hydrogens (tertiary/aromatic N) is 6. The molecule has 0 aromatic rings. The van der Waals surface area contributed by atoms with Crippen LogP contribution in [0.25, 0.3) is 0 Å². The Morgan fingerprint density at radius 1 is 0.400 bits per heavy atom. The zero-order valence-electron chi connectivity index (χ0n) is 9.54. The second kappa shape index (κ2) is 160. The molecule has 0 aliphatic rings. The van der Waals surface area contributed by atoms with Crippen LogP contribution in [0, 0.1) is 64.0 Å². The van der Waals surface area contributed by atoms with Crippen LogP contribution in [0.4, 0.5) is 0 Å². The van der Waals surface area contributed by atoms with Crippen LogP contribution in [0.3, 0.4) is 0 Å². The van der Waals surface area contributed by atoms with E-state index < -0.39 is 0 Å². The minimum atomic E-state index is 0. The monoisotopic (exact) mass is 439 g/mol. The van der Waals surface area contributed by atoms with Gasteiger partial charge in [-0.1, -0.05) is 32.4 Å². The van der Waals surface area contributed by atoms with Gasteiger partial charge in [0.2, 0.25) is 0 Å². The molecular formula is C6CrKN6S6. The third-order valence-corrected chi connectivity index (χ3v) is 0. The van der Waals surface area contributed by atoms with Gasteiger partial charge in [0.15, 0.2) is 0 Å². The smallest absolute Gasteiger partial charge is 0.696 e. The van der Waals surface area contributed by atoms with Crippen LogP contribution >= 0.6 is 0 Å². The fourth-order valence-electron chi connectivity index (χ4n) is 0. The third-order valence-electron chi connectivity index (χ3n) is 0. The van der Waals surface area contributed by atoms with Crippen molar-refractivity contribution < 1.29 is 68.7 Å². The molecule has 0 amide bonds. The minimum Gasteiger partial charge on any atom is -0.696 e. The van der Waals surface area contributed by atoms with E-state index in [9.17, 15) is 0 Å². The first kappa shape index (κ1) is 49.9. The Bertz CT molecular complexity index is 262. The first-order valence-corrected chi connectivity index (χ1v) is 5.02. The average Bonchev–Trinajstić information content (AvgIpc) is 2.23. The summed E-state index contributed by atoms with van der Waals surface area (Å²) >= 11 is 22.2. The average molecular weight is 440 g/mol. The first-order chi connectivity index (χ1) is 8.49. The quantitative estimate of drug-likeness (QED) is 0.217. The van der Waals surface area contributed by atoms with Crippen LogP contribution in [0.1, 0.15) is 0 Å². The second-order valence-corrected chi connectivity index (χ2v) is 1.64. The zero-order valence-corrected chi connectivity index (χ0v) is 18.8. The van der Waals surface area contributed by atoms with Crippen molar-refractivity contribution in [3.8, 4) is 32.4 Å². The van der Waals surface area contributed by atoms with Crippen molar-refractivity contribution in [2.75, 3.05) is 0 Å². The SMILES string of the molecule is N#C[S-].N#C[S-].N#C[S-].N#C[S-].N#C[S-].N#C[S-].[Cr+5].[K+]. The molecule has 6 nitrogen and oxygen atoms in total. The van der Waals surface area contributed by atoms with Gasteiger partial charge in [0.1, 0.15) is 0 Å². The minimum absolute atomic E-state index is 0. The van der Waals surface area contributed by atoms with E-state index in [4.69, 9.17) is 31.6 Å². The van der Waals surface area contributed by atoms with Gasteiger partial charge in [-0.2, -0.15) is 0 Å². The van der Waals surface area contributed by atoms with E-state index >= 15 is 0 Å². The molecule has 0 unspecified atom stereocenters. The molecule has 0 saturated heterocycles. The Hall–Kier alpha value is 0.429. The Kier molecular flexibility index (Phi) is 398. The van der Waals surface area contributed by atoms with Crippen molar-refractivity contribution in [1.29, 1.82) is 31.6 Å². The Morgan fingerprint density at radius 2 is 0.400 bits per heavy atom. The predicted octanol–water partition coefficient (Wildman–Crippen LogP) is -2.91. The van der Waals surface area contributed by atoms with Crippen molar-refractivity contribution >= 4 is 75.8 Å². The van der Waals surface area contributed by atoms with E-state index in [-0.39, 0.29) is 68.7 Å². The van der Waals surface area contributed by atoms with E-state index in [0.29, 0.717) is 0 Å². The molecule has 0 aromatic carbocycles. The summed E-state index contributed by atoms with van der Waals surface area (Å²) < 4.78 is 0. The Labute approximate surface area is 205 Å². The molecule has 0 bridgehead atoms. The summed E-state index contributed by atoms with van der Waals surface area (Å²) in [5.74, 6) is 0. The molecule has 0 spiro atoms. The number of thiocyanates is 6. The maximum atomic E-state index is 7.13. The molecular weight excluding hydrogens is 440 g/mol. The van der Waals surface area contributed by atoms with Crippen LogP contribution in [0.2, 0.25) is 0 Å². The van der Waals surface area contributed by atoms with Crippen LogP contribution in [0.15, 0.2) is 0 Å². The van der Waals surface area contributed by atoms with Gasteiger partial charge in [-0.15, -0.1) is 0 Å². The van der Waals surface area contributed by atoms with Gasteiger partial charge in [0.05, 0.1) is 0 Å². The number of hydrogen-bond donors (Lipinski definition) is 0. The molecule has 0 aromatic heterocycles. The van der Waals surface area contributed by atoms with Gasteiger partial charge in [-0.3, -0.25) is 0 Å². The fraction of sp³-hybridized carbons (Fsp3) is 0. The molecule has 14 heteroatoms. The zero-order chi connectivity index (χ0) is 16.2. The summed E-state index contributed by atoms with van der Waals surface area (Å²) in [6.07, 6.45) is 0. The van der Waals surface area contributed by atoms with E-state index in [2.05, 4.69) is 75.8 Å². The van der Waals surface area contributed by atoms with Crippen LogP contribution < -0.4 is 51.4 Å². The molecule has 0 aliphatic heterocycles. The molecule has 0 heterocycles. The molecule has 0 rings (SSSR count). The second-order valence-electron chi connectivity index (χ2n) is 0.548. The summed E-state index contributed by atoms with van der Waals surface area (Å²) in [5, 5.41) is 50.8. The predicted molar refractivity (Wildman–Crippen MR) is 77.9 cm³/mol. The molecule has 20 heavy (non-hydrogen) atoms. The maximum Gasteiger partial charge on any atom is 5.00 e. The number of rotatable bonds is 0. The molecule has 0 atom stereocenters. The van der Waals surface area contributed by atoms with Crippen molar-refractivity contribution in [1.82, 2.24) is 0 Å². The van der Waals surface area contributed by atoms with Crippen molar-refractivity contribution in [2.24, 2.45) is 0 Å². The van der Waals surface area contributed by atoms with Crippen molar-refractivity contribution in [2.45, 2.75) is 0 Å². The van der Waals surface area contributed by atoms with Crippen molar-refractivity contribution in [3.05, 3.63) is 0 Å². The summed E-state index contributed by atoms with van der Waals surface area (Å²) in [4.78, 5) is 0. The Morgan fingerprint density at radius 3 is 0.400 bits per heavy atom. The molecule has 0 N–H and O–H groups in total. The normalized spacial score (nSPS) is 2.10. The van der Waals surface area contributed by atoms with Crippen LogP contribution in [0.5, 0.6) is 0 Å². The molecule has 97 valence electrons. The summed E-state index contributed by atoms with van der Waals surface area (Å²) in [6, 6.07) is 0. The Balaban J connectivity index is -0.0000000141. The van der Waals surface area contributed by atoms with Gasteiger partial charge in [0.25, 0.3) is 0 Å². The summed E-state index contributed by atoms with van der Waals surface area (Å²) in [5.41, 5.74) is 0. The molecule has 0 fully saturated rings. The van der Waals surface area contributed by atoms with E-state index in [0.717, 1.165) is 0 Å². The van der Waals surface area contributed by atoms with Gasteiger partial charge in [-0.25, -0.2) is 31.6 Å². The summed E-state index contributed by atoms with van der Waals surface area (Å²) in [6.45, 7) is 0. The molecule has 0 aliphatic carbocycles. The van der Waals surface area contributed by atoms with Crippen molar-refractivity contribution in [3.63, 3.8) is 0 Å². The largest absolute Gasteiger partial charge is 5.00 e. The number of nitriles is 6. The maximum absolute atomic E-state index is 7.13. The van der Waals surface area contributed by atoms with Gasteiger partial charge in [0, 0.05) is 0 Å². The third kappa shape index (κ3) is 30400. The standard InChI is InChI=1S/6CHNS.Cr.K/c6*2-1-3;;/h6*3H;;/q;;;;;;+5;+1/p-6. The first-order valence-electron chi connectivity index (χ1n) is 2.57. The van der Waals surface area contributed by atoms with Gasteiger partial charge in [-0.05, 0) is 0 Å². The van der Waals surface area contributed by atoms with E-state index in [1.165, 1.54) is 32.4 Å². The van der Waals surface area contributed by atoms with E-state index in [1.54, 1.807) is 0 Å². The molecule has 0 saturated carbocycles.